The number of piperidine rings is 1. The molecule has 140 valence electrons. The van der Waals surface area contributed by atoms with E-state index in [2.05, 4.69) is 10.6 Å². The first kappa shape index (κ1) is 18.7. The fraction of sp³-hybridized carbons (Fsp3) is 0.421. The fourth-order valence-corrected chi connectivity index (χ4v) is 4.76. The number of rotatable bonds is 6. The molecule has 1 amide bonds. The molecular formula is C19H24N2O4S. The maximum Gasteiger partial charge on any atom is 0.241 e. The second kappa shape index (κ2) is 7.63. The number of benzene rings is 2. The summed E-state index contributed by atoms with van der Waals surface area (Å²) < 4.78 is 28.9. The van der Waals surface area contributed by atoms with Crippen molar-refractivity contribution in [1.29, 1.82) is 0 Å². The first-order chi connectivity index (χ1) is 12.4. The highest BCUT2D eigenvalue weighted by Crippen LogP contribution is 2.28. The molecule has 0 saturated carbocycles. The summed E-state index contributed by atoms with van der Waals surface area (Å²) >= 11 is 0. The first-order valence-corrected chi connectivity index (χ1v) is 10.6. The van der Waals surface area contributed by atoms with Gasteiger partial charge in [-0.05, 0) is 37.4 Å². The standard InChI is InChI=1S/C19H24N2O4S/c1-26(23,24)19(9-11-20-12-10-19)18(22)21-13-14-25-17-8-4-6-15-5-2-3-7-16(15)17/h2-8,20H,9-14H2,1H3,(H,21,22). The Balaban J connectivity index is 1.61. The third-order valence-electron chi connectivity index (χ3n) is 4.93. The Morgan fingerprint density at radius 1 is 1.15 bits per heavy atom. The summed E-state index contributed by atoms with van der Waals surface area (Å²) in [5.74, 6) is 0.320. The van der Waals surface area contributed by atoms with Crippen LogP contribution in [0.25, 0.3) is 10.8 Å². The number of ether oxygens (including phenoxy) is 1. The molecule has 0 spiro atoms. The van der Waals surface area contributed by atoms with Gasteiger partial charge in [0.25, 0.3) is 0 Å². The van der Waals surface area contributed by atoms with Crippen LogP contribution in [0.3, 0.4) is 0 Å². The Bertz CT molecular complexity index is 884. The van der Waals surface area contributed by atoms with Crippen molar-refractivity contribution in [1.82, 2.24) is 10.6 Å². The van der Waals surface area contributed by atoms with Crippen LogP contribution in [0, 0.1) is 0 Å². The van der Waals surface area contributed by atoms with Gasteiger partial charge in [-0.25, -0.2) is 8.42 Å². The van der Waals surface area contributed by atoms with Crippen molar-refractivity contribution in [2.75, 3.05) is 32.5 Å². The van der Waals surface area contributed by atoms with Gasteiger partial charge in [0, 0.05) is 11.6 Å². The van der Waals surface area contributed by atoms with Gasteiger partial charge < -0.3 is 15.4 Å². The molecule has 0 aliphatic carbocycles. The lowest BCUT2D eigenvalue weighted by atomic mass is 9.96. The molecule has 0 aromatic heterocycles. The number of fused-ring (bicyclic) bond motifs is 1. The molecule has 7 heteroatoms. The summed E-state index contributed by atoms with van der Waals surface area (Å²) in [5.41, 5.74) is 0. The van der Waals surface area contributed by atoms with E-state index in [1.807, 2.05) is 42.5 Å². The monoisotopic (exact) mass is 376 g/mol. The summed E-state index contributed by atoms with van der Waals surface area (Å²) in [5, 5.41) is 7.94. The molecule has 6 nitrogen and oxygen atoms in total. The minimum absolute atomic E-state index is 0.257. The molecule has 2 aromatic carbocycles. The SMILES string of the molecule is CS(=O)(=O)C1(C(=O)NCCOc2cccc3ccccc23)CCNCC1. The van der Waals surface area contributed by atoms with E-state index in [1.165, 1.54) is 0 Å². The Hall–Kier alpha value is -2.12. The number of carbonyl (C=O) groups is 1. The summed E-state index contributed by atoms with van der Waals surface area (Å²) in [6.45, 7) is 1.57. The third kappa shape index (κ3) is 3.68. The molecule has 1 aliphatic heterocycles. The van der Waals surface area contributed by atoms with E-state index in [4.69, 9.17) is 4.74 Å². The molecule has 1 fully saturated rings. The zero-order valence-corrected chi connectivity index (χ0v) is 15.6. The maximum absolute atomic E-state index is 12.6. The Kier molecular flexibility index (Phi) is 5.48. The molecule has 1 aliphatic rings. The van der Waals surface area contributed by atoms with E-state index in [0.29, 0.717) is 25.9 Å². The molecule has 1 saturated heterocycles. The Morgan fingerprint density at radius 2 is 1.85 bits per heavy atom. The zero-order chi connectivity index (χ0) is 18.6. The number of carbonyl (C=O) groups excluding carboxylic acids is 1. The van der Waals surface area contributed by atoms with E-state index in [-0.39, 0.29) is 13.2 Å². The van der Waals surface area contributed by atoms with E-state index in [9.17, 15) is 13.2 Å². The molecule has 0 bridgehead atoms. The average molecular weight is 376 g/mol. The van der Waals surface area contributed by atoms with Crippen molar-refractivity contribution in [3.8, 4) is 5.75 Å². The summed E-state index contributed by atoms with van der Waals surface area (Å²) in [6.07, 6.45) is 1.73. The van der Waals surface area contributed by atoms with Crippen LogP contribution >= 0.6 is 0 Å². The Morgan fingerprint density at radius 3 is 2.58 bits per heavy atom. The lowest BCUT2D eigenvalue weighted by molar-refractivity contribution is -0.124. The van der Waals surface area contributed by atoms with Crippen LogP contribution in [0.4, 0.5) is 0 Å². The van der Waals surface area contributed by atoms with Gasteiger partial charge in [0.2, 0.25) is 5.91 Å². The third-order valence-corrected chi connectivity index (χ3v) is 6.94. The number of sulfone groups is 1. The molecule has 0 atom stereocenters. The Labute approximate surface area is 153 Å². The molecule has 26 heavy (non-hydrogen) atoms. The number of hydrogen-bond donors (Lipinski definition) is 2. The first-order valence-electron chi connectivity index (χ1n) is 8.73. The number of hydrogen-bond acceptors (Lipinski definition) is 5. The van der Waals surface area contributed by atoms with Gasteiger partial charge in [-0.2, -0.15) is 0 Å². The molecule has 1 heterocycles. The highest BCUT2D eigenvalue weighted by atomic mass is 32.2. The molecule has 3 rings (SSSR count). The molecular weight excluding hydrogens is 352 g/mol. The average Bonchev–Trinajstić information content (AvgIpc) is 2.65. The normalized spacial score (nSPS) is 17.0. The van der Waals surface area contributed by atoms with E-state index < -0.39 is 20.5 Å². The van der Waals surface area contributed by atoms with Crippen LogP contribution in [-0.2, 0) is 14.6 Å². The predicted molar refractivity (Wildman–Crippen MR) is 102 cm³/mol. The lowest BCUT2D eigenvalue weighted by Gasteiger charge is -2.34. The zero-order valence-electron chi connectivity index (χ0n) is 14.8. The van der Waals surface area contributed by atoms with Gasteiger partial charge in [-0.15, -0.1) is 0 Å². The minimum atomic E-state index is -3.50. The van der Waals surface area contributed by atoms with Crippen LogP contribution < -0.4 is 15.4 Å². The summed E-state index contributed by atoms with van der Waals surface area (Å²) in [7, 11) is -3.50. The topological polar surface area (TPSA) is 84.5 Å². The van der Waals surface area contributed by atoms with E-state index in [0.717, 1.165) is 22.8 Å². The maximum atomic E-state index is 12.6. The van der Waals surface area contributed by atoms with Crippen molar-refractivity contribution in [3.63, 3.8) is 0 Å². The number of amides is 1. The van der Waals surface area contributed by atoms with Crippen LogP contribution in [0.5, 0.6) is 5.75 Å². The van der Waals surface area contributed by atoms with Crippen LogP contribution in [0.1, 0.15) is 12.8 Å². The lowest BCUT2D eigenvalue weighted by Crippen LogP contribution is -2.57. The fourth-order valence-electron chi connectivity index (χ4n) is 3.41. The molecule has 2 N–H and O–H groups in total. The largest absolute Gasteiger partial charge is 0.491 e. The number of nitrogens with one attached hydrogen (secondary N) is 2. The predicted octanol–water partition coefficient (Wildman–Crippen LogP) is 1.50. The molecule has 0 radical (unpaired) electrons. The van der Waals surface area contributed by atoms with Crippen molar-refractivity contribution < 1.29 is 17.9 Å². The van der Waals surface area contributed by atoms with Crippen molar-refractivity contribution in [3.05, 3.63) is 42.5 Å². The van der Waals surface area contributed by atoms with Crippen molar-refractivity contribution in [2.45, 2.75) is 17.6 Å². The van der Waals surface area contributed by atoms with Gasteiger partial charge in [0.15, 0.2) is 14.6 Å². The van der Waals surface area contributed by atoms with Crippen molar-refractivity contribution in [2.24, 2.45) is 0 Å². The second-order valence-corrected chi connectivity index (χ2v) is 8.92. The quantitative estimate of drug-likeness (QED) is 0.747. The van der Waals surface area contributed by atoms with Gasteiger partial charge in [-0.3, -0.25) is 4.79 Å². The van der Waals surface area contributed by atoms with Gasteiger partial charge in [0.1, 0.15) is 12.4 Å². The van der Waals surface area contributed by atoms with Gasteiger partial charge >= 0.3 is 0 Å². The second-order valence-electron chi connectivity index (χ2n) is 6.60. The van der Waals surface area contributed by atoms with Crippen LogP contribution in [0.2, 0.25) is 0 Å². The van der Waals surface area contributed by atoms with E-state index >= 15 is 0 Å². The van der Waals surface area contributed by atoms with Crippen LogP contribution in [0.15, 0.2) is 42.5 Å². The smallest absolute Gasteiger partial charge is 0.241 e. The molecule has 2 aromatic rings. The summed E-state index contributed by atoms with van der Waals surface area (Å²) in [4.78, 5) is 12.6. The minimum Gasteiger partial charge on any atom is -0.491 e. The van der Waals surface area contributed by atoms with E-state index in [1.54, 1.807) is 0 Å². The van der Waals surface area contributed by atoms with Gasteiger partial charge in [0.05, 0.1) is 6.54 Å². The van der Waals surface area contributed by atoms with Crippen molar-refractivity contribution >= 4 is 26.5 Å². The van der Waals surface area contributed by atoms with Crippen LogP contribution in [-0.4, -0.2) is 51.6 Å². The summed E-state index contributed by atoms with van der Waals surface area (Å²) in [6, 6.07) is 13.7. The van der Waals surface area contributed by atoms with Gasteiger partial charge in [-0.1, -0.05) is 36.4 Å². The highest BCUT2D eigenvalue weighted by Gasteiger charge is 2.48. The highest BCUT2D eigenvalue weighted by molar-refractivity contribution is 7.92. The molecule has 0 unspecified atom stereocenters.